The van der Waals surface area contributed by atoms with Crippen molar-refractivity contribution in [2.24, 2.45) is 0 Å². The molecule has 0 aliphatic carbocycles. The number of carbonyl (C=O) groups is 3. The second-order valence-corrected chi connectivity index (χ2v) is 6.68. The molecule has 2 aromatic carbocycles. The maximum atomic E-state index is 12.5. The molecule has 5 nitrogen and oxygen atoms in total. The summed E-state index contributed by atoms with van der Waals surface area (Å²) in [4.78, 5) is 37.2. The third-order valence-corrected chi connectivity index (χ3v) is 4.64. The molecule has 1 aliphatic heterocycles. The maximum Gasteiger partial charge on any atom is 0.335 e. The van der Waals surface area contributed by atoms with E-state index in [-0.39, 0.29) is 23.3 Å². The highest BCUT2D eigenvalue weighted by Gasteiger charge is 2.34. The second-order valence-electron chi connectivity index (χ2n) is 5.69. The number of aromatic carboxylic acids is 1. The molecule has 0 bridgehead atoms. The maximum absolute atomic E-state index is 12.5. The van der Waals surface area contributed by atoms with Gasteiger partial charge in [0.1, 0.15) is 0 Å². The first-order chi connectivity index (χ1) is 11.9. The van der Waals surface area contributed by atoms with E-state index in [0.29, 0.717) is 10.5 Å². The van der Waals surface area contributed by atoms with E-state index in [0.717, 1.165) is 22.9 Å². The van der Waals surface area contributed by atoms with Crippen LogP contribution in [0.1, 0.15) is 27.0 Å². The standard InChI is InChI=1S/C19H15NO4S/c1-12-4-2-6-14(8-12)11-20-17(21)16(25-19(20)24)10-13-5-3-7-15(9-13)18(22)23/h2-10H,11H2,1H3,(H,22,23)/b16-10-. The molecule has 25 heavy (non-hydrogen) atoms. The molecule has 1 N–H and O–H groups in total. The van der Waals surface area contributed by atoms with E-state index in [1.54, 1.807) is 18.2 Å². The Hall–Kier alpha value is -2.86. The van der Waals surface area contributed by atoms with Crippen molar-refractivity contribution in [2.75, 3.05) is 0 Å². The molecular formula is C19H15NO4S. The van der Waals surface area contributed by atoms with E-state index in [1.165, 1.54) is 17.0 Å². The van der Waals surface area contributed by atoms with Crippen LogP contribution < -0.4 is 0 Å². The van der Waals surface area contributed by atoms with Gasteiger partial charge in [-0.25, -0.2) is 4.79 Å². The number of carbonyl (C=O) groups excluding carboxylic acids is 2. The number of rotatable bonds is 4. The molecule has 1 saturated heterocycles. The summed E-state index contributed by atoms with van der Waals surface area (Å²) in [6.07, 6.45) is 1.55. The van der Waals surface area contributed by atoms with Gasteiger partial charge >= 0.3 is 5.97 Å². The van der Waals surface area contributed by atoms with Gasteiger partial charge in [-0.3, -0.25) is 14.5 Å². The molecule has 2 amide bonds. The van der Waals surface area contributed by atoms with Crippen molar-refractivity contribution in [3.63, 3.8) is 0 Å². The fourth-order valence-corrected chi connectivity index (χ4v) is 3.38. The Kier molecular flexibility index (Phi) is 4.72. The lowest BCUT2D eigenvalue weighted by Gasteiger charge is -2.12. The second kappa shape index (κ2) is 6.94. The lowest BCUT2D eigenvalue weighted by Crippen LogP contribution is -2.27. The SMILES string of the molecule is Cc1cccc(CN2C(=O)S/C(=C\c3cccc(C(=O)O)c3)C2=O)c1. The van der Waals surface area contributed by atoms with E-state index in [9.17, 15) is 14.4 Å². The lowest BCUT2D eigenvalue weighted by molar-refractivity contribution is -0.123. The first-order valence-corrected chi connectivity index (χ1v) is 8.40. The Balaban J connectivity index is 1.83. The third kappa shape index (κ3) is 3.80. The summed E-state index contributed by atoms with van der Waals surface area (Å²) in [5.41, 5.74) is 2.65. The normalized spacial score (nSPS) is 15.9. The first-order valence-electron chi connectivity index (χ1n) is 7.58. The highest BCUT2D eigenvalue weighted by molar-refractivity contribution is 8.18. The van der Waals surface area contributed by atoms with Gasteiger partial charge in [0.25, 0.3) is 11.1 Å². The molecule has 126 valence electrons. The van der Waals surface area contributed by atoms with Crippen LogP contribution in [0, 0.1) is 6.92 Å². The molecule has 0 radical (unpaired) electrons. The molecule has 0 saturated carbocycles. The van der Waals surface area contributed by atoms with E-state index < -0.39 is 5.97 Å². The topological polar surface area (TPSA) is 74.7 Å². The predicted molar refractivity (Wildman–Crippen MR) is 96.1 cm³/mol. The fraction of sp³-hybridized carbons (Fsp3) is 0.105. The van der Waals surface area contributed by atoms with Crippen molar-refractivity contribution in [1.82, 2.24) is 4.90 Å². The summed E-state index contributed by atoms with van der Waals surface area (Å²) >= 11 is 0.865. The van der Waals surface area contributed by atoms with Gasteiger partial charge in [0.2, 0.25) is 0 Å². The Morgan fingerprint density at radius 1 is 1.16 bits per heavy atom. The molecule has 6 heteroatoms. The van der Waals surface area contributed by atoms with Crippen LogP contribution in [-0.2, 0) is 11.3 Å². The summed E-state index contributed by atoms with van der Waals surface area (Å²) < 4.78 is 0. The molecule has 0 unspecified atom stereocenters. The minimum absolute atomic E-state index is 0.132. The van der Waals surface area contributed by atoms with Gasteiger partial charge in [-0.05, 0) is 48.0 Å². The summed E-state index contributed by atoms with van der Waals surface area (Å²) in [5, 5.41) is 8.71. The third-order valence-electron chi connectivity index (χ3n) is 3.73. The number of hydrogen-bond donors (Lipinski definition) is 1. The zero-order valence-corrected chi connectivity index (χ0v) is 14.2. The Bertz CT molecular complexity index is 904. The average molecular weight is 353 g/mol. The summed E-state index contributed by atoms with van der Waals surface area (Å²) in [5.74, 6) is -1.40. The van der Waals surface area contributed by atoms with E-state index in [1.807, 2.05) is 31.2 Å². The summed E-state index contributed by atoms with van der Waals surface area (Å²) in [7, 11) is 0. The van der Waals surface area contributed by atoms with Crippen LogP contribution in [0.25, 0.3) is 6.08 Å². The van der Waals surface area contributed by atoms with Crippen molar-refractivity contribution in [3.05, 3.63) is 75.7 Å². The van der Waals surface area contributed by atoms with Gasteiger partial charge in [0, 0.05) is 0 Å². The molecule has 2 aromatic rings. The first kappa shape index (κ1) is 17.0. The minimum Gasteiger partial charge on any atom is -0.478 e. The van der Waals surface area contributed by atoms with Crippen LogP contribution in [-0.4, -0.2) is 27.1 Å². The molecule has 0 aromatic heterocycles. The van der Waals surface area contributed by atoms with E-state index >= 15 is 0 Å². The molecule has 1 fully saturated rings. The molecule has 1 heterocycles. The van der Waals surface area contributed by atoms with Crippen LogP contribution in [0.2, 0.25) is 0 Å². The number of nitrogens with zero attached hydrogens (tertiary/aromatic N) is 1. The monoisotopic (exact) mass is 353 g/mol. The number of imide groups is 1. The molecular weight excluding hydrogens is 338 g/mol. The van der Waals surface area contributed by atoms with Gasteiger partial charge in [0.05, 0.1) is 17.0 Å². The zero-order valence-electron chi connectivity index (χ0n) is 13.4. The highest BCUT2D eigenvalue weighted by Crippen LogP contribution is 2.33. The minimum atomic E-state index is -1.04. The fourth-order valence-electron chi connectivity index (χ4n) is 2.54. The van der Waals surface area contributed by atoms with Crippen molar-refractivity contribution >= 4 is 35.0 Å². The van der Waals surface area contributed by atoms with Gasteiger partial charge in [0.15, 0.2) is 0 Å². The Morgan fingerprint density at radius 2 is 1.92 bits per heavy atom. The number of hydrogen-bond acceptors (Lipinski definition) is 4. The van der Waals surface area contributed by atoms with Crippen LogP contribution in [0.15, 0.2) is 53.4 Å². The van der Waals surface area contributed by atoms with Gasteiger partial charge in [-0.15, -0.1) is 0 Å². The van der Waals surface area contributed by atoms with Crippen LogP contribution in [0.4, 0.5) is 4.79 Å². The van der Waals surface area contributed by atoms with Crippen molar-refractivity contribution in [3.8, 4) is 0 Å². The molecule has 0 spiro atoms. The van der Waals surface area contributed by atoms with Crippen LogP contribution in [0.3, 0.4) is 0 Å². The number of thioether (sulfide) groups is 1. The molecule has 1 aliphatic rings. The summed E-state index contributed by atoms with van der Waals surface area (Å²) in [6, 6.07) is 13.9. The molecule has 3 rings (SSSR count). The Morgan fingerprint density at radius 3 is 2.64 bits per heavy atom. The highest BCUT2D eigenvalue weighted by atomic mass is 32.2. The predicted octanol–water partition coefficient (Wildman–Crippen LogP) is 3.93. The molecule has 0 atom stereocenters. The van der Waals surface area contributed by atoms with Crippen LogP contribution >= 0.6 is 11.8 Å². The van der Waals surface area contributed by atoms with Crippen molar-refractivity contribution < 1.29 is 19.5 Å². The van der Waals surface area contributed by atoms with E-state index in [4.69, 9.17) is 5.11 Å². The van der Waals surface area contributed by atoms with Crippen molar-refractivity contribution in [1.29, 1.82) is 0 Å². The van der Waals surface area contributed by atoms with E-state index in [2.05, 4.69) is 0 Å². The number of carboxylic acids is 1. The van der Waals surface area contributed by atoms with Gasteiger partial charge < -0.3 is 5.11 Å². The van der Waals surface area contributed by atoms with Crippen molar-refractivity contribution in [2.45, 2.75) is 13.5 Å². The zero-order chi connectivity index (χ0) is 18.0. The Labute approximate surface area is 149 Å². The average Bonchev–Trinajstić information content (AvgIpc) is 2.83. The number of carboxylic acid groups (broad SMARTS) is 1. The summed E-state index contributed by atoms with van der Waals surface area (Å²) in [6.45, 7) is 2.17. The van der Waals surface area contributed by atoms with Gasteiger partial charge in [-0.2, -0.15) is 0 Å². The van der Waals surface area contributed by atoms with Gasteiger partial charge in [-0.1, -0.05) is 42.0 Å². The number of benzene rings is 2. The largest absolute Gasteiger partial charge is 0.478 e. The number of aryl methyl sites for hydroxylation is 1. The number of amides is 2. The quantitative estimate of drug-likeness (QED) is 0.843. The smallest absolute Gasteiger partial charge is 0.335 e. The lowest BCUT2D eigenvalue weighted by atomic mass is 10.1. The van der Waals surface area contributed by atoms with Crippen LogP contribution in [0.5, 0.6) is 0 Å².